The summed E-state index contributed by atoms with van der Waals surface area (Å²) in [5.74, 6) is -1.20. The van der Waals surface area contributed by atoms with Crippen LogP contribution in [0.2, 0.25) is 0 Å². The van der Waals surface area contributed by atoms with Gasteiger partial charge in [0.15, 0.2) is 5.13 Å². The Morgan fingerprint density at radius 3 is 2.46 bits per heavy atom. The number of nitrogens with one attached hydrogen (secondary N) is 2. The van der Waals surface area contributed by atoms with E-state index >= 15 is 0 Å². The number of anilines is 1. The van der Waals surface area contributed by atoms with Crippen LogP contribution in [0.25, 0.3) is 0 Å². The number of nitrogens with zero attached hydrogens (tertiary/aromatic N) is 1. The Hall–Kier alpha value is -2.74. The van der Waals surface area contributed by atoms with Crippen LogP contribution in [0, 0.1) is 13.8 Å². The molecule has 0 fully saturated rings. The predicted molar refractivity (Wildman–Crippen MR) is 91.9 cm³/mol. The van der Waals surface area contributed by atoms with Gasteiger partial charge in [-0.15, -0.1) is 11.3 Å². The van der Waals surface area contributed by atoms with E-state index < -0.39 is 11.8 Å². The molecule has 0 unspecified atom stereocenters. The minimum atomic E-state index is -0.487. The topological polar surface area (TPSA) is 114 Å². The van der Waals surface area contributed by atoms with Crippen molar-refractivity contribution in [1.29, 1.82) is 0 Å². The number of rotatable bonds is 6. The van der Waals surface area contributed by atoms with Crippen LogP contribution in [0.5, 0.6) is 0 Å². The first-order chi connectivity index (χ1) is 11.3. The van der Waals surface area contributed by atoms with Crippen LogP contribution in [0.4, 0.5) is 5.13 Å². The fourth-order valence-electron chi connectivity index (χ4n) is 2.16. The number of hydrogen-bond acceptors (Lipinski definition) is 5. The summed E-state index contributed by atoms with van der Waals surface area (Å²) < 4.78 is 0. The van der Waals surface area contributed by atoms with E-state index in [1.54, 1.807) is 17.5 Å². The molecule has 8 heteroatoms. The van der Waals surface area contributed by atoms with Gasteiger partial charge >= 0.3 is 0 Å². The Kier molecular flexibility index (Phi) is 5.64. The minimum absolute atomic E-state index is 0.0236. The highest BCUT2D eigenvalue weighted by Crippen LogP contribution is 2.15. The summed E-state index contributed by atoms with van der Waals surface area (Å²) in [6.07, 6.45) is 0.0236. The summed E-state index contributed by atoms with van der Waals surface area (Å²) in [6, 6.07) is 5.49. The van der Waals surface area contributed by atoms with Crippen molar-refractivity contribution in [2.75, 3.05) is 11.9 Å². The Morgan fingerprint density at radius 1 is 1.17 bits per heavy atom. The average Bonchev–Trinajstić information content (AvgIpc) is 2.89. The lowest BCUT2D eigenvalue weighted by Crippen LogP contribution is -2.32. The number of hydrogen-bond donors (Lipinski definition) is 3. The second-order valence-electron chi connectivity index (χ2n) is 5.39. The molecule has 0 radical (unpaired) electrons. The van der Waals surface area contributed by atoms with Gasteiger partial charge in [0, 0.05) is 10.9 Å². The third kappa shape index (κ3) is 5.17. The maximum atomic E-state index is 12.1. The van der Waals surface area contributed by atoms with Gasteiger partial charge in [0.2, 0.25) is 11.8 Å². The first kappa shape index (κ1) is 17.6. The van der Waals surface area contributed by atoms with Crippen LogP contribution in [0.3, 0.4) is 0 Å². The van der Waals surface area contributed by atoms with Crippen LogP contribution < -0.4 is 16.4 Å². The van der Waals surface area contributed by atoms with Crippen LogP contribution in [-0.2, 0) is 16.0 Å². The molecule has 4 N–H and O–H groups in total. The standard InChI is InChI=1S/C16H18N4O3S/c1-9-3-10(2)5-11(4-9)15(23)18-7-14(22)20-16-19-12(8-24-16)6-13(17)21/h3-5,8H,6-7H2,1-2H3,(H2,17,21)(H,18,23)(H,19,20,22). The molecule has 0 saturated carbocycles. The molecule has 3 amide bonds. The number of nitrogens with two attached hydrogens (primary N) is 1. The summed E-state index contributed by atoms with van der Waals surface area (Å²) in [5, 5.41) is 7.14. The maximum Gasteiger partial charge on any atom is 0.251 e. The number of aromatic nitrogens is 1. The van der Waals surface area contributed by atoms with Gasteiger partial charge in [-0.05, 0) is 26.0 Å². The first-order valence-corrected chi connectivity index (χ1v) is 8.10. The van der Waals surface area contributed by atoms with Gasteiger partial charge in [0.1, 0.15) is 0 Å². The van der Waals surface area contributed by atoms with E-state index in [4.69, 9.17) is 5.73 Å². The van der Waals surface area contributed by atoms with Crippen molar-refractivity contribution >= 4 is 34.2 Å². The van der Waals surface area contributed by atoms with Crippen molar-refractivity contribution in [3.05, 3.63) is 46.0 Å². The van der Waals surface area contributed by atoms with E-state index in [9.17, 15) is 14.4 Å². The SMILES string of the molecule is Cc1cc(C)cc(C(=O)NCC(=O)Nc2nc(CC(N)=O)cs2)c1. The van der Waals surface area contributed by atoms with Crippen molar-refractivity contribution in [3.63, 3.8) is 0 Å². The molecule has 24 heavy (non-hydrogen) atoms. The monoisotopic (exact) mass is 346 g/mol. The second kappa shape index (κ2) is 7.69. The Balaban J connectivity index is 1.87. The highest BCUT2D eigenvalue weighted by atomic mass is 32.1. The maximum absolute atomic E-state index is 12.1. The van der Waals surface area contributed by atoms with Gasteiger partial charge in [-0.1, -0.05) is 17.2 Å². The predicted octanol–water partition coefficient (Wildman–Crippen LogP) is 1.16. The summed E-state index contributed by atoms with van der Waals surface area (Å²) >= 11 is 1.19. The first-order valence-electron chi connectivity index (χ1n) is 7.22. The van der Waals surface area contributed by atoms with E-state index in [0.717, 1.165) is 11.1 Å². The fourth-order valence-corrected chi connectivity index (χ4v) is 2.88. The van der Waals surface area contributed by atoms with E-state index in [2.05, 4.69) is 15.6 Å². The van der Waals surface area contributed by atoms with Crippen LogP contribution in [0.1, 0.15) is 27.2 Å². The van der Waals surface area contributed by atoms with E-state index in [1.807, 2.05) is 19.9 Å². The van der Waals surface area contributed by atoms with Gasteiger partial charge in [0.05, 0.1) is 18.7 Å². The minimum Gasteiger partial charge on any atom is -0.369 e. The van der Waals surface area contributed by atoms with Crippen molar-refractivity contribution in [2.24, 2.45) is 5.73 Å². The van der Waals surface area contributed by atoms with Gasteiger partial charge in [-0.25, -0.2) is 4.98 Å². The fraction of sp³-hybridized carbons (Fsp3) is 0.250. The average molecular weight is 346 g/mol. The number of carbonyl (C=O) groups excluding carboxylic acids is 3. The van der Waals surface area contributed by atoms with E-state index in [-0.39, 0.29) is 18.9 Å². The van der Waals surface area contributed by atoms with Crippen molar-refractivity contribution in [1.82, 2.24) is 10.3 Å². The van der Waals surface area contributed by atoms with Crippen molar-refractivity contribution in [2.45, 2.75) is 20.3 Å². The molecule has 1 aromatic carbocycles. The number of carbonyl (C=O) groups is 3. The summed E-state index contributed by atoms with van der Waals surface area (Å²) in [6.45, 7) is 3.64. The molecular formula is C16H18N4O3S. The third-order valence-electron chi connectivity index (χ3n) is 3.05. The molecule has 2 rings (SSSR count). The molecule has 0 saturated heterocycles. The molecule has 2 aromatic rings. The highest BCUT2D eigenvalue weighted by molar-refractivity contribution is 7.13. The third-order valence-corrected chi connectivity index (χ3v) is 3.85. The molecule has 0 bridgehead atoms. The summed E-state index contributed by atoms with van der Waals surface area (Å²) in [7, 11) is 0. The molecule has 0 spiro atoms. The molecule has 0 aliphatic heterocycles. The molecule has 0 aliphatic rings. The lowest BCUT2D eigenvalue weighted by molar-refractivity contribution is -0.117. The van der Waals surface area contributed by atoms with Crippen LogP contribution in [0.15, 0.2) is 23.6 Å². The van der Waals surface area contributed by atoms with E-state index in [0.29, 0.717) is 16.4 Å². The highest BCUT2D eigenvalue weighted by Gasteiger charge is 2.11. The van der Waals surface area contributed by atoms with Crippen molar-refractivity contribution in [3.8, 4) is 0 Å². The largest absolute Gasteiger partial charge is 0.369 e. The zero-order valence-electron chi connectivity index (χ0n) is 13.4. The number of thiazole rings is 1. The molecule has 0 aliphatic carbocycles. The Labute approximate surface area is 143 Å². The Bertz CT molecular complexity index is 765. The zero-order chi connectivity index (χ0) is 17.7. The van der Waals surface area contributed by atoms with Gasteiger partial charge in [-0.2, -0.15) is 0 Å². The smallest absolute Gasteiger partial charge is 0.251 e. The number of benzene rings is 1. The molecule has 7 nitrogen and oxygen atoms in total. The lowest BCUT2D eigenvalue weighted by atomic mass is 10.1. The van der Waals surface area contributed by atoms with Gasteiger partial charge in [0.25, 0.3) is 5.91 Å². The number of amides is 3. The van der Waals surface area contributed by atoms with E-state index in [1.165, 1.54) is 11.3 Å². The molecule has 0 atom stereocenters. The molecule has 126 valence electrons. The van der Waals surface area contributed by atoms with Crippen LogP contribution >= 0.6 is 11.3 Å². The van der Waals surface area contributed by atoms with Gasteiger partial charge in [-0.3, -0.25) is 14.4 Å². The molecular weight excluding hydrogens is 328 g/mol. The lowest BCUT2D eigenvalue weighted by Gasteiger charge is -2.07. The van der Waals surface area contributed by atoms with Crippen LogP contribution in [-0.4, -0.2) is 29.3 Å². The molecule has 1 aromatic heterocycles. The second-order valence-corrected chi connectivity index (χ2v) is 6.25. The number of aryl methyl sites for hydroxylation is 2. The zero-order valence-corrected chi connectivity index (χ0v) is 14.2. The van der Waals surface area contributed by atoms with Gasteiger partial charge < -0.3 is 16.4 Å². The van der Waals surface area contributed by atoms with Crippen molar-refractivity contribution < 1.29 is 14.4 Å². The summed E-state index contributed by atoms with van der Waals surface area (Å²) in [4.78, 5) is 38.8. The normalized spacial score (nSPS) is 10.2. The summed E-state index contributed by atoms with van der Waals surface area (Å²) in [5.41, 5.74) is 8.06. The molecule has 1 heterocycles. The number of primary amides is 1. The quantitative estimate of drug-likeness (QED) is 0.728. The Morgan fingerprint density at radius 2 is 1.83 bits per heavy atom.